The maximum Gasteiger partial charge on any atom is 0.511 e. The number of fused-ring (bicyclic) bond motifs is 1. The fourth-order valence-electron chi connectivity index (χ4n) is 6.06. The van der Waals surface area contributed by atoms with Crippen LogP contribution in [-0.4, -0.2) is 94.4 Å². The Bertz CT molecular complexity index is 1310. The molecule has 1 N–H and O–H groups in total. The van der Waals surface area contributed by atoms with Gasteiger partial charge in [-0.25, -0.2) is 4.79 Å². The molecular formula is C35H49N3O9. The van der Waals surface area contributed by atoms with Crippen molar-refractivity contribution in [3.05, 3.63) is 53.6 Å². The Morgan fingerprint density at radius 2 is 1.66 bits per heavy atom. The van der Waals surface area contributed by atoms with Gasteiger partial charge in [-0.3, -0.25) is 14.5 Å². The molecule has 12 heteroatoms. The summed E-state index contributed by atoms with van der Waals surface area (Å²) in [5.41, 5.74) is 1.68. The maximum atomic E-state index is 14.2. The molecule has 47 heavy (non-hydrogen) atoms. The molecule has 1 amide bonds. The number of methoxy groups -OCH3 is 1. The number of rotatable bonds is 17. The first kappa shape index (κ1) is 35.8. The fraction of sp³-hybridized carbons (Fsp3) is 0.571. The van der Waals surface area contributed by atoms with Crippen molar-refractivity contribution >= 4 is 18.0 Å². The third-order valence-corrected chi connectivity index (χ3v) is 8.52. The second kappa shape index (κ2) is 17.8. The second-order valence-corrected chi connectivity index (χ2v) is 11.8. The van der Waals surface area contributed by atoms with Crippen molar-refractivity contribution in [3.8, 4) is 17.2 Å². The zero-order valence-electron chi connectivity index (χ0n) is 28.2. The summed E-state index contributed by atoms with van der Waals surface area (Å²) in [5.74, 6) is 0.207. The summed E-state index contributed by atoms with van der Waals surface area (Å²) in [7, 11) is 3.33. The second-order valence-electron chi connectivity index (χ2n) is 11.8. The molecule has 2 aromatic rings. The molecule has 0 bridgehead atoms. The molecule has 0 radical (unpaired) electrons. The normalized spacial score (nSPS) is 19.2. The number of unbranched alkanes of at least 4 members (excludes halogenated alkanes) is 2. The van der Waals surface area contributed by atoms with Gasteiger partial charge < -0.3 is 38.6 Å². The van der Waals surface area contributed by atoms with E-state index >= 15 is 0 Å². The number of benzene rings is 2. The van der Waals surface area contributed by atoms with Crippen LogP contribution >= 0.6 is 0 Å². The van der Waals surface area contributed by atoms with Gasteiger partial charge in [0.15, 0.2) is 11.5 Å². The Labute approximate surface area is 277 Å². The lowest BCUT2D eigenvalue weighted by Crippen LogP contribution is -2.42. The predicted molar refractivity (Wildman–Crippen MR) is 174 cm³/mol. The highest BCUT2D eigenvalue weighted by Gasteiger charge is 2.49. The van der Waals surface area contributed by atoms with E-state index in [1.807, 2.05) is 47.4 Å². The Kier molecular flexibility index (Phi) is 13.5. The molecule has 2 aromatic carbocycles. The average molecular weight is 656 g/mol. The summed E-state index contributed by atoms with van der Waals surface area (Å²) in [6.45, 7) is 8.29. The van der Waals surface area contributed by atoms with Crippen molar-refractivity contribution in [2.24, 2.45) is 5.92 Å². The minimum absolute atomic E-state index is 0.0184. The highest BCUT2D eigenvalue weighted by Crippen LogP contribution is 2.48. The first-order valence-corrected chi connectivity index (χ1v) is 16.5. The van der Waals surface area contributed by atoms with Crippen LogP contribution in [0.4, 0.5) is 4.79 Å². The number of carbonyl (C=O) groups excluding carboxylic acids is 3. The number of esters is 1. The molecule has 4 atom stereocenters. The Morgan fingerprint density at radius 3 is 2.32 bits per heavy atom. The summed E-state index contributed by atoms with van der Waals surface area (Å²) >= 11 is 0. The van der Waals surface area contributed by atoms with Gasteiger partial charge in [-0.2, -0.15) is 0 Å². The van der Waals surface area contributed by atoms with Crippen LogP contribution in [0.1, 0.15) is 69.5 Å². The number of hydrogen-bond donors (Lipinski definition) is 1. The summed E-state index contributed by atoms with van der Waals surface area (Å²) in [6, 6.07) is 12.6. The van der Waals surface area contributed by atoms with Gasteiger partial charge in [-0.1, -0.05) is 44.9 Å². The molecule has 2 aliphatic heterocycles. The first-order valence-electron chi connectivity index (χ1n) is 16.5. The van der Waals surface area contributed by atoms with E-state index in [0.29, 0.717) is 43.4 Å². The van der Waals surface area contributed by atoms with E-state index in [1.165, 1.54) is 6.92 Å². The Hall–Kier alpha value is -4.03. The van der Waals surface area contributed by atoms with E-state index in [2.05, 4.69) is 24.1 Å². The Balaban J connectivity index is 1.68. The van der Waals surface area contributed by atoms with E-state index in [9.17, 15) is 14.4 Å². The molecule has 0 aliphatic carbocycles. The van der Waals surface area contributed by atoms with Crippen molar-refractivity contribution in [2.75, 3.05) is 60.3 Å². The van der Waals surface area contributed by atoms with Crippen molar-refractivity contribution in [1.82, 2.24) is 15.1 Å². The van der Waals surface area contributed by atoms with Gasteiger partial charge in [0.1, 0.15) is 12.4 Å². The topological polar surface area (TPSA) is 125 Å². The molecule has 1 unspecified atom stereocenters. The van der Waals surface area contributed by atoms with Gasteiger partial charge in [0, 0.05) is 45.1 Å². The SMILES string of the molecule is CCCCN(CCCC)C(=O)CN1C[C@H](c2ccc3c(c2)OCO3)[C@@H](C(=O)OC(C)OC(=O)OCCNC)[C@@H]1c1ccc(OC)cc1. The van der Waals surface area contributed by atoms with Crippen LogP contribution < -0.4 is 19.5 Å². The van der Waals surface area contributed by atoms with E-state index in [0.717, 1.165) is 36.8 Å². The molecule has 258 valence electrons. The third kappa shape index (κ3) is 9.51. The van der Waals surface area contributed by atoms with Crippen LogP contribution in [0, 0.1) is 5.92 Å². The van der Waals surface area contributed by atoms with Gasteiger partial charge >= 0.3 is 12.1 Å². The Morgan fingerprint density at radius 1 is 0.979 bits per heavy atom. The maximum absolute atomic E-state index is 14.2. The zero-order valence-corrected chi connectivity index (χ0v) is 28.2. The highest BCUT2D eigenvalue weighted by molar-refractivity contribution is 5.80. The first-order chi connectivity index (χ1) is 22.8. The molecule has 2 aliphatic rings. The van der Waals surface area contributed by atoms with Crippen molar-refractivity contribution < 1.29 is 42.8 Å². The molecule has 1 saturated heterocycles. The molecular weight excluding hydrogens is 606 g/mol. The van der Waals surface area contributed by atoms with Gasteiger partial charge in [-0.15, -0.1) is 0 Å². The van der Waals surface area contributed by atoms with E-state index in [1.54, 1.807) is 14.2 Å². The van der Waals surface area contributed by atoms with E-state index in [4.69, 9.17) is 28.4 Å². The average Bonchev–Trinajstić information content (AvgIpc) is 3.69. The number of likely N-dealkylation sites (tertiary alicyclic amines) is 1. The van der Waals surface area contributed by atoms with Crippen molar-refractivity contribution in [1.29, 1.82) is 0 Å². The van der Waals surface area contributed by atoms with Crippen molar-refractivity contribution in [3.63, 3.8) is 0 Å². The van der Waals surface area contributed by atoms with Crippen LogP contribution in [0.15, 0.2) is 42.5 Å². The minimum atomic E-state index is -1.20. The molecule has 2 heterocycles. The van der Waals surface area contributed by atoms with Crippen LogP contribution in [0.2, 0.25) is 0 Å². The lowest BCUT2D eigenvalue weighted by Gasteiger charge is -2.31. The predicted octanol–water partition coefficient (Wildman–Crippen LogP) is 4.87. The molecule has 0 saturated carbocycles. The van der Waals surface area contributed by atoms with Gasteiger partial charge in [0.05, 0.1) is 19.6 Å². The summed E-state index contributed by atoms with van der Waals surface area (Å²) in [4.78, 5) is 44.3. The van der Waals surface area contributed by atoms with Crippen LogP contribution in [-0.2, 0) is 23.8 Å². The number of hydrogen-bond acceptors (Lipinski definition) is 11. The number of likely N-dealkylation sites (N-methyl/N-ethyl adjacent to an activating group) is 1. The van der Waals surface area contributed by atoms with Crippen LogP contribution in [0.25, 0.3) is 0 Å². The smallest absolute Gasteiger partial charge is 0.497 e. The molecule has 0 spiro atoms. The number of nitrogens with one attached hydrogen (secondary N) is 1. The number of ether oxygens (including phenoxy) is 6. The summed E-state index contributed by atoms with van der Waals surface area (Å²) in [5, 5.41) is 2.88. The highest BCUT2D eigenvalue weighted by atomic mass is 16.8. The quantitative estimate of drug-likeness (QED) is 0.143. The van der Waals surface area contributed by atoms with E-state index < -0.39 is 30.4 Å². The fourth-order valence-corrected chi connectivity index (χ4v) is 6.06. The van der Waals surface area contributed by atoms with Gasteiger partial charge in [0.2, 0.25) is 19.0 Å². The van der Waals surface area contributed by atoms with Crippen LogP contribution in [0.3, 0.4) is 0 Å². The largest absolute Gasteiger partial charge is 0.511 e. The monoisotopic (exact) mass is 655 g/mol. The van der Waals surface area contributed by atoms with Crippen molar-refractivity contribution in [2.45, 2.75) is 64.7 Å². The minimum Gasteiger partial charge on any atom is -0.497 e. The molecule has 1 fully saturated rings. The lowest BCUT2D eigenvalue weighted by atomic mass is 9.82. The standard InChI is InChI=1S/C35H49N3O9/c1-6-8-17-37(18-9-7-2)31(39)22-38-21-28(26-12-15-29-30(20-26)45-23-44-29)32(33(38)25-10-13-27(42-5)14-11-25)34(40)46-24(3)47-35(41)43-19-16-36-4/h10-15,20,24,28,32-33,36H,6-9,16-19,21-23H2,1-5H3/t24?,28-,32-,33+/m1/s1. The van der Waals surface area contributed by atoms with E-state index in [-0.39, 0.29) is 31.8 Å². The molecule has 0 aromatic heterocycles. The summed E-state index contributed by atoms with van der Waals surface area (Å²) < 4.78 is 32.7. The molecule has 4 rings (SSSR count). The number of carbonyl (C=O) groups is 3. The lowest BCUT2D eigenvalue weighted by molar-refractivity contribution is -0.174. The van der Waals surface area contributed by atoms with Gasteiger partial charge in [-0.05, 0) is 55.3 Å². The number of amides is 1. The van der Waals surface area contributed by atoms with Gasteiger partial charge in [0.25, 0.3) is 0 Å². The summed E-state index contributed by atoms with van der Waals surface area (Å²) in [6.07, 6.45) is 1.67. The number of nitrogens with zero attached hydrogens (tertiary/aromatic N) is 2. The zero-order chi connectivity index (χ0) is 33.8. The third-order valence-electron chi connectivity index (χ3n) is 8.52. The molecule has 12 nitrogen and oxygen atoms in total. The van der Waals surface area contributed by atoms with Crippen LogP contribution in [0.5, 0.6) is 17.2 Å².